The SMILES string of the molecule is C[C@@H]1C[C@@H](N2CCN([C@H](C)c3nc(C4CC4)no3)CC2)C(=O)O1. The quantitative estimate of drug-likeness (QED) is 0.775. The minimum atomic E-state index is -0.0648. The molecule has 1 aliphatic carbocycles. The molecule has 3 aliphatic rings. The van der Waals surface area contributed by atoms with Gasteiger partial charge in [-0.2, -0.15) is 4.98 Å². The van der Waals surface area contributed by atoms with E-state index in [2.05, 4.69) is 26.9 Å². The summed E-state index contributed by atoms with van der Waals surface area (Å²) in [6, 6.07) is 0.0685. The zero-order chi connectivity index (χ0) is 16.0. The second kappa shape index (κ2) is 5.87. The van der Waals surface area contributed by atoms with Gasteiger partial charge < -0.3 is 9.26 Å². The first-order chi connectivity index (χ1) is 11.1. The van der Waals surface area contributed by atoms with E-state index in [1.807, 2.05) is 6.92 Å². The highest BCUT2D eigenvalue weighted by Gasteiger charge is 2.38. The van der Waals surface area contributed by atoms with E-state index >= 15 is 0 Å². The lowest BCUT2D eigenvalue weighted by atomic mass is 10.1. The highest BCUT2D eigenvalue weighted by atomic mass is 16.6. The first-order valence-corrected chi connectivity index (χ1v) is 8.64. The third-order valence-corrected chi connectivity index (χ3v) is 5.24. The molecule has 2 aliphatic heterocycles. The molecule has 0 radical (unpaired) electrons. The summed E-state index contributed by atoms with van der Waals surface area (Å²) in [6.07, 6.45) is 3.22. The van der Waals surface area contributed by atoms with Crippen LogP contribution < -0.4 is 0 Å². The lowest BCUT2D eigenvalue weighted by Crippen LogP contribution is -2.52. The van der Waals surface area contributed by atoms with Gasteiger partial charge in [-0.1, -0.05) is 5.16 Å². The van der Waals surface area contributed by atoms with Gasteiger partial charge in [0.05, 0.1) is 6.04 Å². The number of esters is 1. The van der Waals surface area contributed by atoms with Crippen molar-refractivity contribution in [2.45, 2.75) is 57.2 Å². The molecule has 1 saturated carbocycles. The van der Waals surface area contributed by atoms with Crippen molar-refractivity contribution in [3.63, 3.8) is 0 Å². The van der Waals surface area contributed by atoms with E-state index < -0.39 is 0 Å². The highest BCUT2D eigenvalue weighted by Crippen LogP contribution is 2.38. The first-order valence-electron chi connectivity index (χ1n) is 8.64. The number of rotatable bonds is 4. The fraction of sp³-hybridized carbons (Fsp3) is 0.812. The summed E-state index contributed by atoms with van der Waals surface area (Å²) in [5.41, 5.74) is 0. The Balaban J connectivity index is 1.34. The predicted molar refractivity (Wildman–Crippen MR) is 81.8 cm³/mol. The Labute approximate surface area is 136 Å². The zero-order valence-corrected chi connectivity index (χ0v) is 13.8. The summed E-state index contributed by atoms with van der Waals surface area (Å²) in [5.74, 6) is 2.04. The van der Waals surface area contributed by atoms with E-state index in [1.165, 1.54) is 12.8 Å². The molecule has 1 aromatic rings. The first kappa shape index (κ1) is 15.1. The van der Waals surface area contributed by atoms with Crippen molar-refractivity contribution in [1.29, 1.82) is 0 Å². The minimum Gasteiger partial charge on any atom is -0.461 e. The number of piperazine rings is 1. The van der Waals surface area contributed by atoms with Crippen LogP contribution in [0.2, 0.25) is 0 Å². The Kier molecular flexibility index (Phi) is 3.85. The molecule has 1 aromatic heterocycles. The molecular formula is C16H24N4O3. The number of hydrogen-bond donors (Lipinski definition) is 0. The maximum absolute atomic E-state index is 11.9. The van der Waals surface area contributed by atoms with Crippen LogP contribution in [0.5, 0.6) is 0 Å². The van der Waals surface area contributed by atoms with Crippen LogP contribution in [-0.4, -0.2) is 64.2 Å². The molecule has 2 saturated heterocycles. The maximum atomic E-state index is 11.9. The van der Waals surface area contributed by atoms with E-state index in [0.717, 1.165) is 38.4 Å². The van der Waals surface area contributed by atoms with Crippen molar-refractivity contribution in [2.24, 2.45) is 0 Å². The standard InChI is InChI=1S/C16H24N4O3/c1-10-9-13(16(21)22-10)20-7-5-19(6-8-20)11(2)15-17-14(18-23-15)12-3-4-12/h10-13H,3-9H2,1-2H3/t10-,11-,13-/m1/s1. The number of carbonyl (C=O) groups is 1. The van der Waals surface area contributed by atoms with Crippen molar-refractivity contribution in [3.05, 3.63) is 11.7 Å². The normalized spacial score (nSPS) is 31.3. The molecular weight excluding hydrogens is 296 g/mol. The monoisotopic (exact) mass is 320 g/mol. The highest BCUT2D eigenvalue weighted by molar-refractivity contribution is 5.78. The van der Waals surface area contributed by atoms with Crippen molar-refractivity contribution >= 4 is 5.97 Å². The number of cyclic esters (lactones) is 1. The molecule has 126 valence electrons. The number of ether oxygens (including phenoxy) is 1. The summed E-state index contributed by atoms with van der Waals surface area (Å²) in [4.78, 5) is 21.0. The van der Waals surface area contributed by atoms with Gasteiger partial charge in [-0.3, -0.25) is 14.6 Å². The average Bonchev–Trinajstić information content (AvgIpc) is 3.18. The fourth-order valence-corrected chi connectivity index (χ4v) is 3.55. The lowest BCUT2D eigenvalue weighted by molar-refractivity contribution is -0.145. The zero-order valence-electron chi connectivity index (χ0n) is 13.8. The molecule has 0 unspecified atom stereocenters. The van der Waals surface area contributed by atoms with Crippen LogP contribution in [0.25, 0.3) is 0 Å². The summed E-state index contributed by atoms with van der Waals surface area (Å²) < 4.78 is 10.7. The molecule has 7 heteroatoms. The second-order valence-corrected chi connectivity index (χ2v) is 7.01. The molecule has 23 heavy (non-hydrogen) atoms. The smallest absolute Gasteiger partial charge is 0.323 e. The van der Waals surface area contributed by atoms with Gasteiger partial charge >= 0.3 is 5.97 Å². The number of aromatic nitrogens is 2. The summed E-state index contributed by atoms with van der Waals surface area (Å²) in [7, 11) is 0. The summed E-state index contributed by atoms with van der Waals surface area (Å²) in [6.45, 7) is 7.64. The van der Waals surface area contributed by atoms with E-state index in [9.17, 15) is 4.79 Å². The molecule has 0 spiro atoms. The van der Waals surface area contributed by atoms with E-state index in [1.54, 1.807) is 0 Å². The van der Waals surface area contributed by atoms with Crippen LogP contribution in [0.1, 0.15) is 56.8 Å². The molecule has 0 bridgehead atoms. The number of carbonyl (C=O) groups excluding carboxylic acids is 1. The lowest BCUT2D eigenvalue weighted by Gasteiger charge is -2.38. The van der Waals surface area contributed by atoms with Crippen molar-refractivity contribution in [3.8, 4) is 0 Å². The van der Waals surface area contributed by atoms with Gasteiger partial charge in [0.2, 0.25) is 5.89 Å². The Morgan fingerprint density at radius 3 is 2.57 bits per heavy atom. The van der Waals surface area contributed by atoms with Crippen molar-refractivity contribution in [1.82, 2.24) is 19.9 Å². The maximum Gasteiger partial charge on any atom is 0.323 e. The fourth-order valence-electron chi connectivity index (χ4n) is 3.55. The van der Waals surface area contributed by atoms with Gasteiger partial charge in [0, 0.05) is 38.5 Å². The Hall–Kier alpha value is -1.47. The number of nitrogens with zero attached hydrogens (tertiary/aromatic N) is 4. The van der Waals surface area contributed by atoms with Gasteiger partial charge in [0.1, 0.15) is 12.1 Å². The average molecular weight is 320 g/mol. The third-order valence-electron chi connectivity index (χ3n) is 5.24. The van der Waals surface area contributed by atoms with Crippen molar-refractivity contribution in [2.75, 3.05) is 26.2 Å². The molecule has 3 heterocycles. The molecule has 0 N–H and O–H groups in total. The third kappa shape index (κ3) is 2.99. The van der Waals surface area contributed by atoms with Crippen LogP contribution in [0.4, 0.5) is 0 Å². The Morgan fingerprint density at radius 1 is 1.22 bits per heavy atom. The van der Waals surface area contributed by atoms with Crippen LogP contribution in [0, 0.1) is 0 Å². The van der Waals surface area contributed by atoms with Crippen LogP contribution in [0.3, 0.4) is 0 Å². The van der Waals surface area contributed by atoms with Crippen LogP contribution in [0.15, 0.2) is 4.52 Å². The van der Waals surface area contributed by atoms with E-state index in [-0.39, 0.29) is 24.2 Å². The largest absolute Gasteiger partial charge is 0.461 e. The molecule has 3 fully saturated rings. The van der Waals surface area contributed by atoms with E-state index in [0.29, 0.717) is 11.8 Å². The van der Waals surface area contributed by atoms with Crippen molar-refractivity contribution < 1.29 is 14.1 Å². The molecule has 3 atom stereocenters. The van der Waals surface area contributed by atoms with E-state index in [4.69, 9.17) is 9.26 Å². The molecule has 0 aromatic carbocycles. The van der Waals surface area contributed by atoms with Gasteiger partial charge in [-0.05, 0) is 26.7 Å². The summed E-state index contributed by atoms with van der Waals surface area (Å²) in [5, 5.41) is 4.11. The van der Waals surface area contributed by atoms with Gasteiger partial charge in [0.15, 0.2) is 5.82 Å². The summed E-state index contributed by atoms with van der Waals surface area (Å²) >= 11 is 0. The second-order valence-electron chi connectivity index (χ2n) is 7.01. The molecule has 7 nitrogen and oxygen atoms in total. The van der Waals surface area contributed by atoms with Crippen LogP contribution in [-0.2, 0) is 9.53 Å². The van der Waals surface area contributed by atoms with Gasteiger partial charge in [-0.15, -0.1) is 0 Å². The minimum absolute atomic E-state index is 0.0451. The molecule has 4 rings (SSSR count). The Bertz CT molecular complexity index is 578. The van der Waals surface area contributed by atoms with Gasteiger partial charge in [0.25, 0.3) is 0 Å². The van der Waals surface area contributed by atoms with Crippen LogP contribution >= 0.6 is 0 Å². The van der Waals surface area contributed by atoms with Gasteiger partial charge in [-0.25, -0.2) is 0 Å². The molecule has 0 amide bonds. The number of hydrogen-bond acceptors (Lipinski definition) is 7. The Morgan fingerprint density at radius 2 is 1.96 bits per heavy atom. The topological polar surface area (TPSA) is 71.7 Å². The predicted octanol–water partition coefficient (Wildman–Crippen LogP) is 1.33.